The predicted molar refractivity (Wildman–Crippen MR) is 88.8 cm³/mol. The molecule has 23 heavy (non-hydrogen) atoms. The fourth-order valence-corrected chi connectivity index (χ4v) is 1.84. The molecule has 0 bridgehead atoms. The highest BCUT2D eigenvalue weighted by Crippen LogP contribution is 2.25. The molecule has 124 valence electrons. The summed E-state index contributed by atoms with van der Waals surface area (Å²) in [7, 11) is 3.17. The number of benzene rings is 1. The largest absolute Gasteiger partial charge is 0.497 e. The van der Waals surface area contributed by atoms with E-state index in [9.17, 15) is 4.79 Å². The molecule has 0 saturated heterocycles. The Kier molecular flexibility index (Phi) is 7.32. The van der Waals surface area contributed by atoms with Crippen LogP contribution in [0, 0.1) is 0 Å². The zero-order valence-corrected chi connectivity index (χ0v) is 13.8. The van der Waals surface area contributed by atoms with Crippen LogP contribution in [-0.4, -0.2) is 30.3 Å². The van der Waals surface area contributed by atoms with Gasteiger partial charge in [0.05, 0.1) is 26.0 Å². The molecule has 0 fully saturated rings. The molecule has 0 spiro atoms. The van der Waals surface area contributed by atoms with Gasteiger partial charge in [-0.3, -0.25) is 4.79 Å². The number of carbonyl (C=O) groups excluding carboxylic acids is 1. The van der Waals surface area contributed by atoms with Crippen LogP contribution in [0.15, 0.2) is 30.5 Å². The van der Waals surface area contributed by atoms with Crippen LogP contribution in [0.1, 0.15) is 29.8 Å². The van der Waals surface area contributed by atoms with Gasteiger partial charge in [-0.15, -0.1) is 5.10 Å². The molecule has 7 nitrogen and oxygen atoms in total. The Morgan fingerprint density at radius 1 is 1.22 bits per heavy atom. The van der Waals surface area contributed by atoms with E-state index in [1.165, 1.54) is 12.3 Å². The maximum absolute atomic E-state index is 11.3. The van der Waals surface area contributed by atoms with E-state index >= 15 is 0 Å². The Morgan fingerprint density at radius 3 is 2.57 bits per heavy atom. The minimum absolute atomic E-state index is 0.289. The first-order valence-electron chi connectivity index (χ1n) is 7.22. The summed E-state index contributed by atoms with van der Waals surface area (Å²) >= 11 is 0. The molecule has 0 atom stereocenters. The van der Waals surface area contributed by atoms with Crippen molar-refractivity contribution in [3.05, 3.63) is 41.6 Å². The Morgan fingerprint density at radius 2 is 1.96 bits per heavy atom. The molecular weight excluding hydrogens is 296 g/mol. The predicted octanol–water partition coefficient (Wildman–Crippen LogP) is 2.23. The summed E-state index contributed by atoms with van der Waals surface area (Å²) in [5.74, 6) is 1.15. The molecule has 7 heteroatoms. The molecular formula is C16H22N4O3. The average molecular weight is 318 g/mol. The molecule has 0 aliphatic carbocycles. The summed E-state index contributed by atoms with van der Waals surface area (Å²) in [6, 6.07) is 6.99. The minimum atomic E-state index is -0.561. The molecule has 0 aliphatic heterocycles. The first-order valence-corrected chi connectivity index (χ1v) is 7.22. The molecule has 0 radical (unpaired) electrons. The van der Waals surface area contributed by atoms with E-state index in [2.05, 4.69) is 15.5 Å². The number of aromatic nitrogens is 2. The third kappa shape index (κ3) is 4.84. The van der Waals surface area contributed by atoms with Gasteiger partial charge in [-0.2, -0.15) is 5.10 Å². The van der Waals surface area contributed by atoms with E-state index < -0.39 is 5.91 Å². The highest BCUT2D eigenvalue weighted by atomic mass is 16.5. The minimum Gasteiger partial charge on any atom is -0.497 e. The van der Waals surface area contributed by atoms with Gasteiger partial charge in [0.25, 0.3) is 5.91 Å². The van der Waals surface area contributed by atoms with Gasteiger partial charge >= 0.3 is 0 Å². The number of primary amides is 1. The number of rotatable bonds is 6. The number of nitrogens with two attached hydrogens (primary N) is 1. The van der Waals surface area contributed by atoms with Crippen LogP contribution in [0.5, 0.6) is 11.5 Å². The highest BCUT2D eigenvalue weighted by molar-refractivity contribution is 5.97. The Hall–Kier alpha value is -2.83. The molecule has 3 N–H and O–H groups in total. The van der Waals surface area contributed by atoms with E-state index in [1.807, 2.05) is 26.0 Å². The van der Waals surface area contributed by atoms with Crippen LogP contribution in [-0.2, 0) is 6.54 Å². The molecule has 0 aliphatic rings. The maximum atomic E-state index is 11.3. The van der Waals surface area contributed by atoms with E-state index in [4.69, 9.17) is 15.2 Å². The van der Waals surface area contributed by atoms with Gasteiger partial charge in [0.2, 0.25) is 0 Å². The third-order valence-electron chi connectivity index (χ3n) is 2.93. The molecule has 0 saturated carbocycles. The van der Waals surface area contributed by atoms with Crippen LogP contribution in [0.25, 0.3) is 0 Å². The van der Waals surface area contributed by atoms with Gasteiger partial charge in [-0.25, -0.2) is 0 Å². The smallest absolute Gasteiger partial charge is 0.252 e. The first kappa shape index (κ1) is 18.2. The van der Waals surface area contributed by atoms with Crippen molar-refractivity contribution in [3.8, 4) is 11.5 Å². The normalized spacial score (nSPS) is 9.39. The zero-order valence-electron chi connectivity index (χ0n) is 13.8. The zero-order chi connectivity index (χ0) is 17.2. The van der Waals surface area contributed by atoms with E-state index in [0.29, 0.717) is 23.9 Å². The lowest BCUT2D eigenvalue weighted by Gasteiger charge is -2.12. The second-order valence-electron chi connectivity index (χ2n) is 4.19. The summed E-state index contributed by atoms with van der Waals surface area (Å²) in [6.45, 7) is 4.41. The fraction of sp³-hybridized carbons (Fsp3) is 0.312. The second-order valence-corrected chi connectivity index (χ2v) is 4.19. The molecule has 2 aromatic rings. The standard InChI is InChI=1S/C14H16N4O3.C2H6/c1-20-10-4-3-9(12(7-10)21-2)8-16-14-11(13(15)19)5-6-17-18-14;1-2/h3-7H,8H2,1-2H3,(H2,15,19)(H,16,18);1-2H3. The van der Waals surface area contributed by atoms with Gasteiger partial charge in [-0.05, 0) is 18.2 Å². The molecule has 1 heterocycles. The summed E-state index contributed by atoms with van der Waals surface area (Å²) in [5.41, 5.74) is 6.47. The number of amides is 1. The maximum Gasteiger partial charge on any atom is 0.252 e. The van der Waals surface area contributed by atoms with Crippen molar-refractivity contribution in [1.82, 2.24) is 10.2 Å². The van der Waals surface area contributed by atoms with Crippen molar-refractivity contribution in [3.63, 3.8) is 0 Å². The Labute approximate surface area is 135 Å². The van der Waals surface area contributed by atoms with Gasteiger partial charge in [0, 0.05) is 18.2 Å². The van der Waals surface area contributed by atoms with Gasteiger partial charge in [-0.1, -0.05) is 13.8 Å². The van der Waals surface area contributed by atoms with Crippen LogP contribution < -0.4 is 20.5 Å². The lowest BCUT2D eigenvalue weighted by molar-refractivity contribution is 0.100. The van der Waals surface area contributed by atoms with Crippen molar-refractivity contribution in [2.24, 2.45) is 5.73 Å². The van der Waals surface area contributed by atoms with E-state index in [-0.39, 0.29) is 5.56 Å². The van der Waals surface area contributed by atoms with E-state index in [0.717, 1.165) is 5.56 Å². The topological polar surface area (TPSA) is 99.4 Å². The van der Waals surface area contributed by atoms with Crippen molar-refractivity contribution in [2.75, 3.05) is 19.5 Å². The molecule has 2 rings (SSSR count). The number of carbonyl (C=O) groups is 1. The fourth-order valence-electron chi connectivity index (χ4n) is 1.84. The lowest BCUT2D eigenvalue weighted by Crippen LogP contribution is -2.16. The van der Waals surface area contributed by atoms with Crippen molar-refractivity contribution in [2.45, 2.75) is 20.4 Å². The third-order valence-corrected chi connectivity index (χ3v) is 2.93. The van der Waals surface area contributed by atoms with Crippen LogP contribution in [0.2, 0.25) is 0 Å². The number of hydrogen-bond donors (Lipinski definition) is 2. The molecule has 1 aromatic heterocycles. The van der Waals surface area contributed by atoms with Crippen molar-refractivity contribution >= 4 is 11.7 Å². The Bertz CT molecular complexity index is 647. The Balaban J connectivity index is 0.00000127. The number of nitrogens with zero attached hydrogens (tertiary/aromatic N) is 2. The summed E-state index contributed by atoms with van der Waals surface area (Å²) < 4.78 is 10.4. The quantitative estimate of drug-likeness (QED) is 0.847. The highest BCUT2D eigenvalue weighted by Gasteiger charge is 2.11. The first-order chi connectivity index (χ1) is 11.2. The number of anilines is 1. The summed E-state index contributed by atoms with van der Waals surface area (Å²) in [6.07, 6.45) is 1.42. The number of methoxy groups -OCH3 is 2. The summed E-state index contributed by atoms with van der Waals surface area (Å²) in [5, 5.41) is 10.6. The molecule has 1 amide bonds. The van der Waals surface area contributed by atoms with Crippen molar-refractivity contribution in [1.29, 1.82) is 0 Å². The molecule has 1 aromatic carbocycles. The van der Waals surface area contributed by atoms with Crippen LogP contribution in [0.4, 0.5) is 5.82 Å². The number of ether oxygens (including phenoxy) is 2. The van der Waals surface area contributed by atoms with Crippen molar-refractivity contribution < 1.29 is 14.3 Å². The van der Waals surface area contributed by atoms with Crippen LogP contribution in [0.3, 0.4) is 0 Å². The second kappa shape index (κ2) is 9.24. The SMILES string of the molecule is CC.COc1ccc(CNc2nnccc2C(N)=O)c(OC)c1. The lowest BCUT2D eigenvalue weighted by atomic mass is 10.2. The number of nitrogens with one attached hydrogen (secondary N) is 1. The van der Waals surface area contributed by atoms with Gasteiger partial charge in [0.1, 0.15) is 11.5 Å². The van der Waals surface area contributed by atoms with Crippen LogP contribution >= 0.6 is 0 Å². The monoisotopic (exact) mass is 318 g/mol. The molecule has 0 unspecified atom stereocenters. The number of hydrogen-bond acceptors (Lipinski definition) is 6. The summed E-state index contributed by atoms with van der Waals surface area (Å²) in [4.78, 5) is 11.3. The van der Waals surface area contributed by atoms with Gasteiger partial charge in [0.15, 0.2) is 5.82 Å². The van der Waals surface area contributed by atoms with Gasteiger partial charge < -0.3 is 20.5 Å². The average Bonchev–Trinajstić information content (AvgIpc) is 2.61. The van der Waals surface area contributed by atoms with E-state index in [1.54, 1.807) is 20.3 Å².